The Labute approximate surface area is 153 Å². The molecular weight excluding hydrogens is 340 g/mol. The third-order valence-corrected chi connectivity index (χ3v) is 3.88. The van der Waals surface area contributed by atoms with Gasteiger partial charge in [0.25, 0.3) is 0 Å². The zero-order valence-corrected chi connectivity index (χ0v) is 15.2. The van der Waals surface area contributed by atoms with Crippen LogP contribution in [0.4, 0.5) is 4.79 Å². The van der Waals surface area contributed by atoms with E-state index in [4.69, 9.17) is 21.1 Å². The van der Waals surface area contributed by atoms with Gasteiger partial charge < -0.3 is 20.1 Å². The van der Waals surface area contributed by atoms with Crippen LogP contribution >= 0.6 is 11.6 Å². The summed E-state index contributed by atoms with van der Waals surface area (Å²) in [5.74, 6) is 1.59. The lowest BCUT2D eigenvalue weighted by Gasteiger charge is -2.11. The van der Waals surface area contributed by atoms with E-state index in [-0.39, 0.29) is 6.03 Å². The fraction of sp³-hybridized carbons (Fsp3) is 0.316. The molecular formula is C19H23ClN2O3. The molecule has 0 heterocycles. The average Bonchev–Trinajstić information content (AvgIpc) is 2.61. The van der Waals surface area contributed by atoms with Gasteiger partial charge in [-0.15, -0.1) is 0 Å². The molecule has 0 unspecified atom stereocenters. The zero-order chi connectivity index (χ0) is 18.1. The number of aryl methyl sites for hydroxylation is 1. The number of hydrogen-bond donors (Lipinski definition) is 2. The van der Waals surface area contributed by atoms with Gasteiger partial charge in [-0.05, 0) is 54.8 Å². The van der Waals surface area contributed by atoms with E-state index in [1.165, 1.54) is 0 Å². The highest BCUT2D eigenvalue weighted by molar-refractivity contribution is 6.30. The van der Waals surface area contributed by atoms with Gasteiger partial charge in [-0.2, -0.15) is 0 Å². The summed E-state index contributed by atoms with van der Waals surface area (Å²) in [5.41, 5.74) is 2.11. The summed E-state index contributed by atoms with van der Waals surface area (Å²) >= 11 is 5.90. The largest absolute Gasteiger partial charge is 0.497 e. The highest BCUT2D eigenvalue weighted by atomic mass is 35.5. The number of rotatable bonds is 8. The molecule has 0 radical (unpaired) electrons. The summed E-state index contributed by atoms with van der Waals surface area (Å²) in [6.07, 6.45) is 0.762. The molecule has 134 valence electrons. The Morgan fingerprint density at radius 1 is 1.08 bits per heavy atom. The Balaban J connectivity index is 1.60. The van der Waals surface area contributed by atoms with Crippen molar-refractivity contribution in [3.05, 3.63) is 58.6 Å². The van der Waals surface area contributed by atoms with Gasteiger partial charge in [0.15, 0.2) is 0 Å². The van der Waals surface area contributed by atoms with Gasteiger partial charge >= 0.3 is 6.03 Å². The van der Waals surface area contributed by atoms with E-state index in [0.29, 0.717) is 24.7 Å². The van der Waals surface area contributed by atoms with Gasteiger partial charge in [0.05, 0.1) is 13.7 Å². The van der Waals surface area contributed by atoms with Crippen LogP contribution in [-0.4, -0.2) is 32.8 Å². The third-order valence-electron chi connectivity index (χ3n) is 3.64. The highest BCUT2D eigenvalue weighted by Gasteiger charge is 2.02. The van der Waals surface area contributed by atoms with E-state index in [2.05, 4.69) is 10.6 Å². The fourth-order valence-electron chi connectivity index (χ4n) is 2.28. The molecule has 2 aromatic carbocycles. The van der Waals surface area contributed by atoms with E-state index >= 15 is 0 Å². The van der Waals surface area contributed by atoms with Crippen molar-refractivity contribution >= 4 is 17.6 Å². The Morgan fingerprint density at radius 3 is 2.48 bits per heavy atom. The lowest BCUT2D eigenvalue weighted by atomic mass is 10.1. The van der Waals surface area contributed by atoms with Gasteiger partial charge in [-0.3, -0.25) is 0 Å². The summed E-state index contributed by atoms with van der Waals surface area (Å²) in [5, 5.41) is 6.27. The molecule has 0 atom stereocenters. The molecule has 0 fully saturated rings. The normalized spacial score (nSPS) is 10.2. The van der Waals surface area contributed by atoms with E-state index < -0.39 is 0 Å². The number of benzene rings is 2. The second-order valence-corrected chi connectivity index (χ2v) is 5.98. The van der Waals surface area contributed by atoms with Crippen molar-refractivity contribution in [3.8, 4) is 11.5 Å². The van der Waals surface area contributed by atoms with Crippen molar-refractivity contribution < 1.29 is 14.3 Å². The fourth-order valence-corrected chi connectivity index (χ4v) is 2.50. The maximum Gasteiger partial charge on any atom is 0.314 e. The number of hydrogen-bond acceptors (Lipinski definition) is 3. The van der Waals surface area contributed by atoms with Crippen molar-refractivity contribution in [3.63, 3.8) is 0 Å². The van der Waals surface area contributed by atoms with Crippen LogP contribution in [0.3, 0.4) is 0 Å². The van der Waals surface area contributed by atoms with Gasteiger partial charge in [0, 0.05) is 11.6 Å². The van der Waals surface area contributed by atoms with Crippen molar-refractivity contribution in [2.75, 3.05) is 26.8 Å². The number of amides is 2. The minimum absolute atomic E-state index is 0.204. The van der Waals surface area contributed by atoms with E-state index in [1.54, 1.807) is 13.2 Å². The number of urea groups is 1. The first-order valence-electron chi connectivity index (χ1n) is 8.12. The van der Waals surface area contributed by atoms with Gasteiger partial charge in [0.2, 0.25) is 0 Å². The van der Waals surface area contributed by atoms with Crippen LogP contribution in [0.1, 0.15) is 11.1 Å². The van der Waals surface area contributed by atoms with E-state index in [0.717, 1.165) is 29.0 Å². The Hall–Kier alpha value is -2.40. The third kappa shape index (κ3) is 6.55. The molecule has 2 aromatic rings. The first kappa shape index (κ1) is 18.9. The number of nitrogens with one attached hydrogen (secondary N) is 2. The smallest absolute Gasteiger partial charge is 0.314 e. The Bertz CT molecular complexity index is 690. The van der Waals surface area contributed by atoms with Crippen LogP contribution < -0.4 is 20.1 Å². The summed E-state index contributed by atoms with van der Waals surface area (Å²) in [6.45, 7) is 3.32. The van der Waals surface area contributed by atoms with Gasteiger partial charge in [0.1, 0.15) is 18.1 Å². The molecule has 0 aliphatic carbocycles. The molecule has 0 saturated carbocycles. The van der Waals surface area contributed by atoms with Crippen LogP contribution in [-0.2, 0) is 6.42 Å². The predicted octanol–water partition coefficient (Wildman–Crippen LogP) is 3.58. The second kappa shape index (κ2) is 9.79. The molecule has 0 aliphatic heterocycles. The SMILES string of the molecule is COc1ccc(CCNC(=O)NCCOc2ccc(Cl)cc2C)cc1. The quantitative estimate of drug-likeness (QED) is 0.706. The summed E-state index contributed by atoms with van der Waals surface area (Å²) in [6, 6.07) is 13.0. The average molecular weight is 363 g/mol. The van der Waals surface area contributed by atoms with E-state index in [9.17, 15) is 4.79 Å². The lowest BCUT2D eigenvalue weighted by Crippen LogP contribution is -2.38. The number of carbonyl (C=O) groups is 1. The van der Waals surface area contributed by atoms with Crippen molar-refractivity contribution in [1.82, 2.24) is 10.6 Å². The first-order chi connectivity index (χ1) is 12.1. The maximum atomic E-state index is 11.7. The van der Waals surface area contributed by atoms with Crippen LogP contribution in [0.25, 0.3) is 0 Å². The Morgan fingerprint density at radius 2 is 1.80 bits per heavy atom. The molecule has 0 spiro atoms. The maximum absolute atomic E-state index is 11.7. The molecule has 0 saturated heterocycles. The summed E-state index contributed by atoms with van der Waals surface area (Å²) in [4.78, 5) is 11.7. The molecule has 2 N–H and O–H groups in total. The van der Waals surface area contributed by atoms with Crippen molar-refractivity contribution in [2.24, 2.45) is 0 Å². The molecule has 0 bridgehead atoms. The van der Waals surface area contributed by atoms with E-state index in [1.807, 2.05) is 43.3 Å². The molecule has 2 rings (SSSR count). The zero-order valence-electron chi connectivity index (χ0n) is 14.5. The summed E-state index contributed by atoms with van der Waals surface area (Å²) in [7, 11) is 1.64. The minimum Gasteiger partial charge on any atom is -0.497 e. The summed E-state index contributed by atoms with van der Waals surface area (Å²) < 4.78 is 10.7. The second-order valence-electron chi connectivity index (χ2n) is 5.54. The predicted molar refractivity (Wildman–Crippen MR) is 99.8 cm³/mol. The van der Waals surface area contributed by atoms with Crippen LogP contribution in [0.5, 0.6) is 11.5 Å². The van der Waals surface area contributed by atoms with Crippen LogP contribution in [0, 0.1) is 6.92 Å². The molecule has 25 heavy (non-hydrogen) atoms. The first-order valence-corrected chi connectivity index (χ1v) is 8.50. The van der Waals surface area contributed by atoms with Gasteiger partial charge in [-0.1, -0.05) is 23.7 Å². The van der Waals surface area contributed by atoms with Crippen LogP contribution in [0.15, 0.2) is 42.5 Å². The highest BCUT2D eigenvalue weighted by Crippen LogP contribution is 2.21. The molecule has 6 heteroatoms. The number of carbonyl (C=O) groups excluding carboxylic acids is 1. The lowest BCUT2D eigenvalue weighted by molar-refractivity contribution is 0.236. The van der Waals surface area contributed by atoms with Crippen LogP contribution in [0.2, 0.25) is 5.02 Å². The molecule has 5 nitrogen and oxygen atoms in total. The molecule has 0 aliphatic rings. The number of halogens is 1. The minimum atomic E-state index is -0.204. The van der Waals surface area contributed by atoms with Crippen molar-refractivity contribution in [1.29, 1.82) is 0 Å². The monoisotopic (exact) mass is 362 g/mol. The molecule has 0 aromatic heterocycles. The molecule has 2 amide bonds. The van der Waals surface area contributed by atoms with Gasteiger partial charge in [-0.25, -0.2) is 4.79 Å². The standard InChI is InChI=1S/C19H23ClN2O3/c1-14-13-16(20)5-8-18(14)25-12-11-22-19(23)21-10-9-15-3-6-17(24-2)7-4-15/h3-8,13H,9-12H2,1-2H3,(H2,21,22,23). The topological polar surface area (TPSA) is 59.6 Å². The van der Waals surface area contributed by atoms with Crippen molar-refractivity contribution in [2.45, 2.75) is 13.3 Å². The number of methoxy groups -OCH3 is 1. The number of ether oxygens (including phenoxy) is 2. The Kier molecular flexibility index (Phi) is 7.41.